The maximum atomic E-state index is 13.2. The summed E-state index contributed by atoms with van der Waals surface area (Å²) in [7, 11) is -4.09. The normalized spacial score (nSPS) is 11.2. The van der Waals surface area contributed by atoms with Crippen LogP contribution in [0.25, 0.3) is 22.8 Å². The van der Waals surface area contributed by atoms with Crippen molar-refractivity contribution in [2.45, 2.75) is 11.9 Å². The monoisotopic (exact) mass is 418 g/mol. The van der Waals surface area contributed by atoms with Gasteiger partial charge in [-0.25, -0.2) is 0 Å². The largest absolute Gasteiger partial charge is 0.435 e. The zero-order valence-electron chi connectivity index (χ0n) is 16.1. The van der Waals surface area contributed by atoms with Gasteiger partial charge in [0.05, 0.1) is 0 Å². The number of carbonyl (C=O) groups is 1. The van der Waals surface area contributed by atoms with Gasteiger partial charge in [-0.2, -0.15) is 13.4 Å². The number of nitrogens with zero attached hydrogens (tertiary/aromatic N) is 1. The molecule has 0 spiro atoms. The predicted molar refractivity (Wildman–Crippen MR) is 115 cm³/mol. The van der Waals surface area contributed by atoms with Gasteiger partial charge in [-0.1, -0.05) is 60.7 Å². The van der Waals surface area contributed by atoms with Crippen LogP contribution in [-0.2, 0) is 10.0 Å². The number of hydrogen-bond acceptors (Lipinski definition) is 5. The maximum Gasteiger partial charge on any atom is 0.283 e. The highest BCUT2D eigenvalue weighted by Crippen LogP contribution is 2.33. The van der Waals surface area contributed by atoms with E-state index < -0.39 is 10.0 Å². The SMILES string of the molecule is CC(=O)c1cccc(NS(=O)(=O)c2nc(-c3ccccc3)oc2-c2ccccc2)c1. The van der Waals surface area contributed by atoms with Crippen molar-refractivity contribution < 1.29 is 17.6 Å². The molecule has 0 saturated heterocycles. The standard InChI is InChI=1S/C23H18N2O4S/c1-16(26)19-13-8-14-20(15-19)25-30(27,28)23-21(17-9-4-2-5-10-17)29-22(24-23)18-11-6-3-7-12-18/h2-15,25H,1H3. The van der Waals surface area contributed by atoms with Crippen molar-refractivity contribution in [1.29, 1.82) is 0 Å². The van der Waals surface area contributed by atoms with E-state index in [4.69, 9.17) is 4.42 Å². The maximum absolute atomic E-state index is 13.2. The van der Waals surface area contributed by atoms with Gasteiger partial charge >= 0.3 is 0 Å². The van der Waals surface area contributed by atoms with Gasteiger partial charge in [0.15, 0.2) is 11.5 Å². The average molecular weight is 418 g/mol. The molecule has 150 valence electrons. The molecule has 1 heterocycles. The van der Waals surface area contributed by atoms with E-state index in [-0.39, 0.29) is 28.1 Å². The summed E-state index contributed by atoms with van der Waals surface area (Å²) in [5, 5.41) is -0.221. The Bertz CT molecular complexity index is 1300. The minimum atomic E-state index is -4.09. The fourth-order valence-electron chi connectivity index (χ4n) is 2.97. The van der Waals surface area contributed by atoms with E-state index in [1.165, 1.54) is 13.0 Å². The summed E-state index contributed by atoms with van der Waals surface area (Å²) in [5.74, 6) is 0.186. The number of ketones is 1. The number of hydrogen-bond donors (Lipinski definition) is 1. The Kier molecular flexibility index (Phi) is 5.20. The molecule has 0 amide bonds. The zero-order valence-corrected chi connectivity index (χ0v) is 16.9. The quantitative estimate of drug-likeness (QED) is 0.445. The number of Topliss-reactive ketones (excluding diaryl/α,β-unsaturated/α-hetero) is 1. The van der Waals surface area contributed by atoms with Crippen molar-refractivity contribution in [2.24, 2.45) is 0 Å². The highest BCUT2D eigenvalue weighted by molar-refractivity contribution is 7.92. The number of nitrogens with one attached hydrogen (secondary N) is 1. The van der Waals surface area contributed by atoms with Crippen molar-refractivity contribution in [3.05, 3.63) is 90.5 Å². The Labute approximate surface area is 174 Å². The molecule has 0 aliphatic heterocycles. The van der Waals surface area contributed by atoms with Gasteiger partial charge in [-0.05, 0) is 31.2 Å². The Hall–Kier alpha value is -3.71. The molecule has 4 rings (SSSR count). The molecule has 3 aromatic carbocycles. The van der Waals surface area contributed by atoms with Gasteiger partial charge in [0.1, 0.15) is 0 Å². The third-order valence-electron chi connectivity index (χ3n) is 4.43. The lowest BCUT2D eigenvalue weighted by Crippen LogP contribution is -2.14. The number of benzene rings is 3. The fourth-order valence-corrected chi connectivity index (χ4v) is 4.11. The highest BCUT2D eigenvalue weighted by atomic mass is 32.2. The predicted octanol–water partition coefficient (Wildman–Crippen LogP) is 5.01. The fraction of sp³-hybridized carbons (Fsp3) is 0.0435. The van der Waals surface area contributed by atoms with E-state index in [0.717, 1.165) is 0 Å². The Morgan fingerprint density at radius 1 is 0.867 bits per heavy atom. The van der Waals surface area contributed by atoms with Crippen LogP contribution in [0.15, 0.2) is 94.4 Å². The molecule has 0 fully saturated rings. The first-order chi connectivity index (χ1) is 14.4. The van der Waals surface area contributed by atoms with Crippen molar-refractivity contribution >= 4 is 21.5 Å². The van der Waals surface area contributed by atoms with Gasteiger partial charge in [0.25, 0.3) is 10.0 Å². The molecule has 7 heteroatoms. The van der Waals surface area contributed by atoms with Gasteiger partial charge in [0.2, 0.25) is 10.9 Å². The first-order valence-electron chi connectivity index (χ1n) is 9.19. The summed E-state index contributed by atoms with van der Waals surface area (Å²) in [5.41, 5.74) is 1.93. The average Bonchev–Trinajstić information content (AvgIpc) is 3.22. The first-order valence-corrected chi connectivity index (χ1v) is 10.7. The zero-order chi connectivity index (χ0) is 21.1. The van der Waals surface area contributed by atoms with Crippen LogP contribution in [0, 0.1) is 0 Å². The molecule has 0 atom stereocenters. The summed E-state index contributed by atoms with van der Waals surface area (Å²) >= 11 is 0. The van der Waals surface area contributed by atoms with Crippen molar-refractivity contribution in [1.82, 2.24) is 4.98 Å². The van der Waals surface area contributed by atoms with Crippen LogP contribution in [0.4, 0.5) is 5.69 Å². The second-order valence-electron chi connectivity index (χ2n) is 6.63. The summed E-state index contributed by atoms with van der Waals surface area (Å²) < 4.78 is 34.8. The number of sulfonamides is 1. The Morgan fingerprint density at radius 3 is 2.13 bits per heavy atom. The second-order valence-corrected chi connectivity index (χ2v) is 8.23. The van der Waals surface area contributed by atoms with Crippen LogP contribution >= 0.6 is 0 Å². The summed E-state index contributed by atoms with van der Waals surface area (Å²) in [6.45, 7) is 1.42. The molecule has 30 heavy (non-hydrogen) atoms. The van der Waals surface area contributed by atoms with Crippen molar-refractivity contribution in [3.8, 4) is 22.8 Å². The van der Waals surface area contributed by atoms with Crippen LogP contribution in [0.3, 0.4) is 0 Å². The third-order valence-corrected chi connectivity index (χ3v) is 5.72. The smallest absolute Gasteiger partial charge is 0.283 e. The topological polar surface area (TPSA) is 89.3 Å². The molecule has 0 unspecified atom stereocenters. The highest BCUT2D eigenvalue weighted by Gasteiger charge is 2.27. The molecule has 1 aromatic heterocycles. The minimum absolute atomic E-state index is 0.143. The van der Waals surface area contributed by atoms with Crippen LogP contribution in [0.2, 0.25) is 0 Å². The molecule has 4 aromatic rings. The van der Waals surface area contributed by atoms with E-state index in [9.17, 15) is 13.2 Å². The molecule has 0 radical (unpaired) electrons. The Morgan fingerprint density at radius 2 is 1.50 bits per heavy atom. The van der Waals surface area contributed by atoms with Crippen LogP contribution in [0.5, 0.6) is 0 Å². The van der Waals surface area contributed by atoms with Gasteiger partial charge in [-0.3, -0.25) is 9.52 Å². The number of carbonyl (C=O) groups excluding carboxylic acids is 1. The Balaban J connectivity index is 1.81. The van der Waals surface area contributed by atoms with Crippen LogP contribution in [-0.4, -0.2) is 19.2 Å². The number of aromatic nitrogens is 1. The van der Waals surface area contributed by atoms with E-state index >= 15 is 0 Å². The molecule has 6 nitrogen and oxygen atoms in total. The third kappa shape index (κ3) is 4.01. The van der Waals surface area contributed by atoms with Gasteiger partial charge in [0, 0.05) is 22.4 Å². The minimum Gasteiger partial charge on any atom is -0.435 e. The van der Waals surface area contributed by atoms with Crippen LogP contribution in [0.1, 0.15) is 17.3 Å². The van der Waals surface area contributed by atoms with Gasteiger partial charge < -0.3 is 4.42 Å². The van der Waals surface area contributed by atoms with E-state index in [2.05, 4.69) is 9.71 Å². The second kappa shape index (κ2) is 7.96. The molecule has 1 N–H and O–H groups in total. The number of rotatable bonds is 6. The first kappa shape index (κ1) is 19.6. The van der Waals surface area contributed by atoms with Gasteiger partial charge in [-0.15, -0.1) is 0 Å². The summed E-state index contributed by atoms with van der Waals surface area (Å²) in [6, 6.07) is 24.3. The van der Waals surface area contributed by atoms with E-state index in [1.807, 2.05) is 24.3 Å². The number of anilines is 1. The lowest BCUT2D eigenvalue weighted by atomic mass is 10.1. The van der Waals surface area contributed by atoms with E-state index in [1.54, 1.807) is 54.6 Å². The van der Waals surface area contributed by atoms with Crippen LogP contribution < -0.4 is 4.72 Å². The summed E-state index contributed by atoms with van der Waals surface area (Å²) in [6.07, 6.45) is 0. The molecular formula is C23H18N2O4S. The molecule has 0 bridgehead atoms. The van der Waals surface area contributed by atoms with Crippen molar-refractivity contribution in [3.63, 3.8) is 0 Å². The van der Waals surface area contributed by atoms with Crippen molar-refractivity contribution in [2.75, 3.05) is 4.72 Å². The molecule has 0 aliphatic rings. The van der Waals surface area contributed by atoms with E-state index in [0.29, 0.717) is 16.7 Å². The lowest BCUT2D eigenvalue weighted by molar-refractivity contribution is 0.101. The lowest BCUT2D eigenvalue weighted by Gasteiger charge is -2.08. The number of oxazole rings is 1. The molecular weight excluding hydrogens is 400 g/mol. The molecule has 0 aliphatic carbocycles. The molecule has 0 saturated carbocycles. The summed E-state index contributed by atoms with van der Waals surface area (Å²) in [4.78, 5) is 15.9.